The Bertz CT molecular complexity index is 713. The fraction of sp³-hybridized carbons (Fsp3) is 0.333. The molecule has 23 heavy (non-hydrogen) atoms. The van der Waals surface area contributed by atoms with Crippen LogP contribution in [0.5, 0.6) is 0 Å². The molecule has 5 heteroatoms. The summed E-state index contributed by atoms with van der Waals surface area (Å²) in [6, 6.07) is 12.2. The van der Waals surface area contributed by atoms with Gasteiger partial charge in [-0.05, 0) is 43.5 Å². The number of carboxylic acid groups (broad SMARTS) is 1. The molecular weight excluding hydrogens is 294 g/mol. The summed E-state index contributed by atoms with van der Waals surface area (Å²) in [5.74, 6) is -1.34. The predicted molar refractivity (Wildman–Crippen MR) is 85.8 cm³/mol. The molecule has 0 aromatic heterocycles. The highest BCUT2D eigenvalue weighted by Crippen LogP contribution is 2.20. The van der Waals surface area contributed by atoms with Crippen LogP contribution in [0.3, 0.4) is 0 Å². The lowest BCUT2D eigenvalue weighted by molar-refractivity contribution is -0.308. The van der Waals surface area contributed by atoms with E-state index in [0.717, 1.165) is 16.3 Å². The zero-order chi connectivity index (χ0) is 17.0. The molecule has 0 saturated carbocycles. The predicted octanol–water partition coefficient (Wildman–Crippen LogP) is 2.03. The van der Waals surface area contributed by atoms with Crippen LogP contribution in [0.25, 0.3) is 10.8 Å². The molecule has 1 amide bonds. The number of rotatable bonds is 4. The number of benzene rings is 2. The van der Waals surface area contributed by atoms with Crippen molar-refractivity contribution in [1.82, 2.24) is 5.32 Å². The van der Waals surface area contributed by atoms with Gasteiger partial charge in [0.15, 0.2) is 0 Å². The smallest absolute Gasteiger partial charge is 0.408 e. The van der Waals surface area contributed by atoms with Crippen LogP contribution in [0.2, 0.25) is 0 Å². The van der Waals surface area contributed by atoms with E-state index in [2.05, 4.69) is 5.32 Å². The fourth-order valence-electron chi connectivity index (χ4n) is 2.33. The molecule has 2 aromatic rings. The first-order valence-corrected chi connectivity index (χ1v) is 7.43. The lowest BCUT2D eigenvalue weighted by Gasteiger charge is -2.24. The Morgan fingerprint density at radius 1 is 1.13 bits per heavy atom. The SMILES string of the molecule is CC(C)(C)OC(=O)N[C@@H](Cc1cccc2ccccc12)C(=O)[O-]. The lowest BCUT2D eigenvalue weighted by atomic mass is 9.99. The molecule has 1 atom stereocenters. The van der Waals surface area contributed by atoms with Crippen LogP contribution in [0.4, 0.5) is 4.79 Å². The number of amides is 1. The standard InChI is InChI=1S/C18H21NO4/c1-18(2,3)23-17(22)19-15(16(20)21)11-13-9-6-8-12-7-4-5-10-14(12)13/h4-10,15H,11H2,1-3H3,(H,19,22)(H,20,21)/p-1/t15-/m0/s1. The first-order chi connectivity index (χ1) is 10.8. The number of aliphatic carboxylic acids is 1. The summed E-state index contributed by atoms with van der Waals surface area (Å²) >= 11 is 0. The summed E-state index contributed by atoms with van der Waals surface area (Å²) in [5.41, 5.74) is 0.133. The van der Waals surface area contributed by atoms with Crippen molar-refractivity contribution in [1.29, 1.82) is 0 Å². The summed E-state index contributed by atoms with van der Waals surface area (Å²) in [4.78, 5) is 23.2. The van der Waals surface area contributed by atoms with E-state index in [9.17, 15) is 14.7 Å². The summed E-state index contributed by atoms with van der Waals surface area (Å²) in [6.45, 7) is 5.14. The first kappa shape index (κ1) is 16.8. The molecule has 0 heterocycles. The Morgan fingerprint density at radius 2 is 1.78 bits per heavy atom. The molecule has 0 aliphatic carbocycles. The minimum atomic E-state index is -1.34. The first-order valence-electron chi connectivity index (χ1n) is 7.43. The van der Waals surface area contributed by atoms with E-state index in [-0.39, 0.29) is 6.42 Å². The maximum Gasteiger partial charge on any atom is 0.408 e. The molecule has 2 aromatic carbocycles. The molecule has 0 unspecified atom stereocenters. The summed E-state index contributed by atoms with van der Waals surface area (Å²) < 4.78 is 5.10. The normalized spacial score (nSPS) is 12.7. The van der Waals surface area contributed by atoms with Gasteiger partial charge in [0, 0.05) is 0 Å². The van der Waals surface area contributed by atoms with Gasteiger partial charge in [0.05, 0.1) is 12.0 Å². The van der Waals surface area contributed by atoms with Crippen LogP contribution >= 0.6 is 0 Å². The number of carbonyl (C=O) groups is 2. The maximum absolute atomic E-state index is 11.8. The Kier molecular flexibility index (Phi) is 4.89. The number of hydrogen-bond acceptors (Lipinski definition) is 4. The average Bonchev–Trinajstić information content (AvgIpc) is 2.44. The summed E-state index contributed by atoms with van der Waals surface area (Å²) in [5, 5.41) is 15.7. The van der Waals surface area contributed by atoms with E-state index in [0.29, 0.717) is 0 Å². The van der Waals surface area contributed by atoms with E-state index >= 15 is 0 Å². The van der Waals surface area contributed by atoms with Gasteiger partial charge in [0.25, 0.3) is 0 Å². The van der Waals surface area contributed by atoms with Crippen molar-refractivity contribution >= 4 is 22.8 Å². The van der Waals surface area contributed by atoms with Crippen molar-refractivity contribution in [2.75, 3.05) is 0 Å². The van der Waals surface area contributed by atoms with Gasteiger partial charge in [-0.1, -0.05) is 42.5 Å². The number of nitrogens with one attached hydrogen (secondary N) is 1. The largest absolute Gasteiger partial charge is 0.548 e. The molecule has 1 N–H and O–H groups in total. The minimum Gasteiger partial charge on any atom is -0.548 e. The molecule has 2 rings (SSSR count). The highest BCUT2D eigenvalue weighted by molar-refractivity contribution is 5.87. The Hall–Kier alpha value is -2.56. The molecule has 122 valence electrons. The third kappa shape index (κ3) is 4.71. The zero-order valence-electron chi connectivity index (χ0n) is 13.5. The number of fused-ring (bicyclic) bond motifs is 1. The van der Waals surface area contributed by atoms with Gasteiger partial charge in [-0.3, -0.25) is 0 Å². The van der Waals surface area contributed by atoms with Crippen LogP contribution in [-0.4, -0.2) is 23.7 Å². The quantitative estimate of drug-likeness (QED) is 0.936. The average molecular weight is 314 g/mol. The van der Waals surface area contributed by atoms with Crippen LogP contribution in [0, 0.1) is 0 Å². The van der Waals surface area contributed by atoms with Gasteiger partial charge < -0.3 is 20.0 Å². The zero-order valence-corrected chi connectivity index (χ0v) is 13.5. The maximum atomic E-state index is 11.8. The Labute approximate surface area is 135 Å². The number of ether oxygens (including phenoxy) is 1. The Morgan fingerprint density at radius 3 is 2.43 bits per heavy atom. The van der Waals surface area contributed by atoms with Crippen molar-refractivity contribution in [3.8, 4) is 0 Å². The van der Waals surface area contributed by atoms with E-state index in [4.69, 9.17) is 4.74 Å². The van der Waals surface area contributed by atoms with Gasteiger partial charge in [-0.25, -0.2) is 4.79 Å². The molecule has 0 radical (unpaired) electrons. The third-order valence-corrected chi connectivity index (χ3v) is 3.28. The molecule has 0 aliphatic rings. The van der Waals surface area contributed by atoms with E-state index in [1.807, 2.05) is 42.5 Å². The van der Waals surface area contributed by atoms with Gasteiger partial charge in [-0.2, -0.15) is 0 Å². The molecule has 0 saturated heterocycles. The molecular formula is C18H20NO4-. The van der Waals surface area contributed by atoms with Crippen molar-refractivity contribution in [3.05, 3.63) is 48.0 Å². The van der Waals surface area contributed by atoms with E-state index in [1.54, 1.807) is 20.8 Å². The van der Waals surface area contributed by atoms with Crippen LogP contribution in [-0.2, 0) is 16.0 Å². The number of carbonyl (C=O) groups excluding carboxylic acids is 2. The second-order valence-electron chi connectivity index (χ2n) is 6.36. The monoisotopic (exact) mass is 314 g/mol. The van der Waals surface area contributed by atoms with Gasteiger partial charge >= 0.3 is 6.09 Å². The topological polar surface area (TPSA) is 78.5 Å². The fourth-order valence-corrected chi connectivity index (χ4v) is 2.33. The molecule has 0 bridgehead atoms. The number of hydrogen-bond donors (Lipinski definition) is 1. The van der Waals surface area contributed by atoms with E-state index in [1.165, 1.54) is 0 Å². The summed E-state index contributed by atoms with van der Waals surface area (Å²) in [6.07, 6.45) is -0.643. The number of alkyl carbamates (subject to hydrolysis) is 1. The highest BCUT2D eigenvalue weighted by Gasteiger charge is 2.20. The molecule has 0 aliphatic heterocycles. The second kappa shape index (κ2) is 6.69. The summed E-state index contributed by atoms with van der Waals surface area (Å²) in [7, 11) is 0. The van der Waals surface area contributed by atoms with Gasteiger partial charge in [0.2, 0.25) is 0 Å². The van der Waals surface area contributed by atoms with E-state index < -0.39 is 23.7 Å². The second-order valence-corrected chi connectivity index (χ2v) is 6.36. The van der Waals surface area contributed by atoms with Gasteiger partial charge in [0.1, 0.15) is 5.60 Å². The lowest BCUT2D eigenvalue weighted by Crippen LogP contribution is -2.50. The molecule has 0 fully saturated rings. The minimum absolute atomic E-state index is 0.128. The highest BCUT2D eigenvalue weighted by atomic mass is 16.6. The van der Waals surface area contributed by atoms with Crippen LogP contribution in [0.1, 0.15) is 26.3 Å². The van der Waals surface area contributed by atoms with Crippen molar-refractivity contribution in [3.63, 3.8) is 0 Å². The van der Waals surface area contributed by atoms with Crippen molar-refractivity contribution < 1.29 is 19.4 Å². The third-order valence-electron chi connectivity index (χ3n) is 3.28. The van der Waals surface area contributed by atoms with Gasteiger partial charge in [-0.15, -0.1) is 0 Å². The van der Waals surface area contributed by atoms with Crippen molar-refractivity contribution in [2.45, 2.75) is 38.8 Å². The van der Waals surface area contributed by atoms with Crippen molar-refractivity contribution in [2.24, 2.45) is 0 Å². The van der Waals surface area contributed by atoms with Crippen LogP contribution < -0.4 is 10.4 Å². The Balaban J connectivity index is 2.19. The molecule has 5 nitrogen and oxygen atoms in total. The molecule has 0 spiro atoms. The van der Waals surface area contributed by atoms with Crippen LogP contribution in [0.15, 0.2) is 42.5 Å². The number of carboxylic acids is 1.